The summed E-state index contributed by atoms with van der Waals surface area (Å²) in [5.74, 6) is -3.35. The Bertz CT molecular complexity index is 1330. The fraction of sp³-hybridized carbons (Fsp3) is 0.125. The van der Waals surface area contributed by atoms with Crippen molar-refractivity contribution in [2.75, 3.05) is 7.11 Å². The van der Waals surface area contributed by atoms with Gasteiger partial charge in [-0.2, -0.15) is 0 Å². The van der Waals surface area contributed by atoms with Gasteiger partial charge in [0, 0.05) is 36.6 Å². The van der Waals surface area contributed by atoms with Crippen molar-refractivity contribution in [3.63, 3.8) is 0 Å². The first-order chi connectivity index (χ1) is 16.3. The van der Waals surface area contributed by atoms with Gasteiger partial charge in [0.15, 0.2) is 11.6 Å². The van der Waals surface area contributed by atoms with Gasteiger partial charge in [-0.1, -0.05) is 18.2 Å². The van der Waals surface area contributed by atoms with Gasteiger partial charge in [0.05, 0.1) is 23.6 Å². The van der Waals surface area contributed by atoms with Gasteiger partial charge >= 0.3 is 0 Å². The number of Topliss-reactive ketones (excluding diaryl/α,β-unsaturated/α-hetero) is 1. The van der Waals surface area contributed by atoms with Crippen molar-refractivity contribution in [1.29, 1.82) is 0 Å². The summed E-state index contributed by atoms with van der Waals surface area (Å²) in [7, 11) is 1.28. The molecule has 9 nitrogen and oxygen atoms in total. The van der Waals surface area contributed by atoms with Crippen molar-refractivity contribution < 1.29 is 28.7 Å². The molecule has 0 aliphatic carbocycles. The number of aliphatic hydroxyl groups excluding tert-OH is 1. The molecular formula is C24H18FN3O6. The molecule has 0 unspecified atom stereocenters. The molecule has 172 valence electrons. The number of ether oxygens (including phenoxy) is 1. The van der Waals surface area contributed by atoms with Crippen LogP contribution in [0.15, 0.2) is 72.6 Å². The number of likely N-dealkylation sites (tertiary alicyclic amines) is 1. The summed E-state index contributed by atoms with van der Waals surface area (Å²) in [5, 5.41) is 22.4. The molecule has 2 heterocycles. The van der Waals surface area contributed by atoms with E-state index in [0.29, 0.717) is 5.56 Å². The highest BCUT2D eigenvalue weighted by Gasteiger charge is 2.46. The third-order valence-corrected chi connectivity index (χ3v) is 5.44. The van der Waals surface area contributed by atoms with Crippen LogP contribution in [-0.2, 0) is 16.1 Å². The van der Waals surface area contributed by atoms with E-state index in [4.69, 9.17) is 4.74 Å². The number of benzene rings is 2. The lowest BCUT2D eigenvalue weighted by Crippen LogP contribution is -2.29. The Labute approximate surface area is 192 Å². The minimum absolute atomic E-state index is 0.0421. The number of pyridine rings is 1. The standard InChI is InChI=1S/C24H18FN3O6/c1-34-19-8-7-16(11-18(19)25)22(29)20-21(15-5-2-6-17(10-15)28(32)33)27(24(31)23(20)30)13-14-4-3-9-26-12-14/h2-12,21,29H,13H2,1H3/t21-/m1/s1. The van der Waals surface area contributed by atoms with E-state index >= 15 is 0 Å². The first-order valence-electron chi connectivity index (χ1n) is 10.1. The van der Waals surface area contributed by atoms with Gasteiger partial charge in [0.2, 0.25) is 0 Å². The van der Waals surface area contributed by atoms with E-state index in [9.17, 15) is 29.2 Å². The number of aromatic nitrogens is 1. The third kappa shape index (κ3) is 4.08. The second-order valence-electron chi connectivity index (χ2n) is 7.49. The fourth-order valence-corrected chi connectivity index (χ4v) is 3.86. The Morgan fingerprint density at radius 1 is 1.21 bits per heavy atom. The van der Waals surface area contributed by atoms with Crippen LogP contribution < -0.4 is 4.74 Å². The molecule has 1 aliphatic rings. The van der Waals surface area contributed by atoms with Crippen molar-refractivity contribution >= 4 is 23.1 Å². The molecule has 1 N–H and O–H groups in total. The summed E-state index contributed by atoms with van der Waals surface area (Å²) in [5.41, 5.74) is 0.246. The van der Waals surface area contributed by atoms with Crippen molar-refractivity contribution in [2.24, 2.45) is 0 Å². The lowest BCUT2D eigenvalue weighted by Gasteiger charge is -2.25. The van der Waals surface area contributed by atoms with Gasteiger partial charge in [-0.05, 0) is 35.4 Å². The predicted molar refractivity (Wildman–Crippen MR) is 118 cm³/mol. The average molecular weight is 463 g/mol. The summed E-state index contributed by atoms with van der Waals surface area (Å²) >= 11 is 0. The number of non-ortho nitro benzene ring substituents is 1. The molecule has 1 saturated heterocycles. The summed E-state index contributed by atoms with van der Waals surface area (Å²) in [4.78, 5) is 42.0. The molecule has 0 spiro atoms. The Morgan fingerprint density at radius 3 is 2.65 bits per heavy atom. The Hall–Kier alpha value is -4.60. The van der Waals surface area contributed by atoms with Crippen LogP contribution in [0.4, 0.5) is 10.1 Å². The number of halogens is 1. The van der Waals surface area contributed by atoms with Crippen molar-refractivity contribution in [2.45, 2.75) is 12.6 Å². The van der Waals surface area contributed by atoms with E-state index in [2.05, 4.69) is 4.98 Å². The number of hydrogen-bond donors (Lipinski definition) is 1. The molecule has 1 fully saturated rings. The number of nitrogens with zero attached hydrogens (tertiary/aromatic N) is 3. The number of methoxy groups -OCH3 is 1. The Morgan fingerprint density at radius 2 is 2.00 bits per heavy atom. The first-order valence-corrected chi connectivity index (χ1v) is 10.1. The number of nitro groups is 1. The third-order valence-electron chi connectivity index (χ3n) is 5.44. The van der Waals surface area contributed by atoms with Crippen LogP contribution in [0.5, 0.6) is 5.75 Å². The minimum atomic E-state index is -1.15. The monoisotopic (exact) mass is 463 g/mol. The van der Waals surface area contributed by atoms with Gasteiger partial charge in [-0.3, -0.25) is 24.7 Å². The number of hydrogen-bond acceptors (Lipinski definition) is 7. The lowest BCUT2D eigenvalue weighted by molar-refractivity contribution is -0.384. The highest BCUT2D eigenvalue weighted by atomic mass is 19.1. The number of carbonyl (C=O) groups excluding carboxylic acids is 2. The number of ketones is 1. The molecular weight excluding hydrogens is 445 g/mol. The minimum Gasteiger partial charge on any atom is -0.507 e. The van der Waals surface area contributed by atoms with Gasteiger partial charge in [0.25, 0.3) is 17.4 Å². The lowest BCUT2D eigenvalue weighted by atomic mass is 9.94. The topological polar surface area (TPSA) is 123 Å². The van der Waals surface area contributed by atoms with Crippen LogP contribution in [0.1, 0.15) is 22.7 Å². The maximum atomic E-state index is 14.3. The van der Waals surface area contributed by atoms with E-state index in [1.807, 2.05) is 0 Å². The molecule has 3 aromatic rings. The summed E-state index contributed by atoms with van der Waals surface area (Å²) < 4.78 is 19.2. The second kappa shape index (κ2) is 9.10. The predicted octanol–water partition coefficient (Wildman–Crippen LogP) is 3.76. The largest absolute Gasteiger partial charge is 0.507 e. The second-order valence-corrected chi connectivity index (χ2v) is 7.49. The normalized spacial score (nSPS) is 17.1. The number of carbonyl (C=O) groups is 2. The zero-order valence-electron chi connectivity index (χ0n) is 17.8. The van der Waals surface area contributed by atoms with Gasteiger partial charge in [-0.25, -0.2) is 4.39 Å². The van der Waals surface area contributed by atoms with Crippen LogP contribution in [0.25, 0.3) is 5.76 Å². The fourth-order valence-electron chi connectivity index (χ4n) is 3.86. The average Bonchev–Trinajstić information content (AvgIpc) is 3.09. The maximum absolute atomic E-state index is 14.3. The van der Waals surface area contributed by atoms with Crippen LogP contribution in [0.2, 0.25) is 0 Å². The molecule has 1 aliphatic heterocycles. The van der Waals surface area contributed by atoms with E-state index in [1.54, 1.807) is 18.3 Å². The number of amides is 1. The Balaban J connectivity index is 1.89. The summed E-state index contributed by atoms with van der Waals surface area (Å²) in [6.07, 6.45) is 3.07. The molecule has 1 amide bonds. The van der Waals surface area contributed by atoms with Gasteiger partial charge < -0.3 is 14.7 Å². The first kappa shape index (κ1) is 22.6. The van der Waals surface area contributed by atoms with Gasteiger partial charge in [-0.15, -0.1) is 0 Å². The summed E-state index contributed by atoms with van der Waals surface area (Å²) in [6, 6.07) is 11.3. The van der Waals surface area contributed by atoms with Gasteiger partial charge in [0.1, 0.15) is 5.76 Å². The van der Waals surface area contributed by atoms with Crippen molar-refractivity contribution in [3.05, 3.63) is 105 Å². The highest BCUT2D eigenvalue weighted by molar-refractivity contribution is 6.46. The number of nitro benzene ring substituents is 1. The van der Waals surface area contributed by atoms with Crippen molar-refractivity contribution in [3.8, 4) is 5.75 Å². The van der Waals surface area contributed by atoms with Crippen molar-refractivity contribution in [1.82, 2.24) is 9.88 Å². The molecule has 0 saturated carbocycles. The zero-order chi connectivity index (χ0) is 24.4. The maximum Gasteiger partial charge on any atom is 0.295 e. The molecule has 1 atom stereocenters. The smallest absolute Gasteiger partial charge is 0.295 e. The SMILES string of the molecule is COc1ccc(C(O)=C2C(=O)C(=O)N(Cc3cccnc3)[C@@H]2c2cccc([N+](=O)[O-])c2)cc1F. The zero-order valence-corrected chi connectivity index (χ0v) is 17.8. The molecule has 4 rings (SSSR count). The van der Waals surface area contributed by atoms with E-state index in [0.717, 1.165) is 6.07 Å². The molecule has 10 heteroatoms. The Kier molecular flexibility index (Phi) is 6.05. The quantitative estimate of drug-likeness (QED) is 0.194. The highest BCUT2D eigenvalue weighted by Crippen LogP contribution is 2.41. The van der Waals surface area contributed by atoms with Crippen LogP contribution in [-0.4, -0.2) is 38.7 Å². The molecule has 0 radical (unpaired) electrons. The molecule has 0 bridgehead atoms. The van der Waals surface area contributed by atoms with E-state index in [1.165, 1.54) is 54.6 Å². The van der Waals surface area contributed by atoms with Crippen LogP contribution >= 0.6 is 0 Å². The molecule has 34 heavy (non-hydrogen) atoms. The van der Waals surface area contributed by atoms with Crippen LogP contribution in [0, 0.1) is 15.9 Å². The number of rotatable bonds is 6. The number of aliphatic hydroxyl groups is 1. The van der Waals surface area contributed by atoms with E-state index in [-0.39, 0.29) is 34.7 Å². The van der Waals surface area contributed by atoms with E-state index < -0.39 is 34.2 Å². The van der Waals surface area contributed by atoms with Crippen LogP contribution in [0.3, 0.4) is 0 Å². The molecule has 1 aromatic heterocycles. The summed E-state index contributed by atoms with van der Waals surface area (Å²) in [6.45, 7) is -0.0421. The molecule has 2 aromatic carbocycles.